The van der Waals surface area contributed by atoms with Crippen molar-refractivity contribution in [2.24, 2.45) is 0 Å². The van der Waals surface area contributed by atoms with Crippen molar-refractivity contribution in [1.29, 1.82) is 0 Å². The van der Waals surface area contributed by atoms with Crippen molar-refractivity contribution >= 4 is 50.2 Å². The van der Waals surface area contributed by atoms with Crippen molar-refractivity contribution in [3.05, 3.63) is 326 Å². The topological polar surface area (TPSA) is 11.4 Å². The highest BCUT2D eigenvalue weighted by Crippen LogP contribution is 2.59. The Morgan fingerprint density at radius 3 is 1.42 bits per heavy atom. The second-order valence-electron chi connectivity index (χ2n) is 19.6. The number of nitrogens with zero attached hydrogens (tertiary/aromatic N) is 3. The number of hydrogen-bond acceptors (Lipinski definition) is 2. The lowest BCUT2D eigenvalue weighted by Gasteiger charge is -2.45. The van der Waals surface area contributed by atoms with Gasteiger partial charge < -0.3 is 14.4 Å². The Morgan fingerprint density at radius 2 is 0.737 bits per heavy atom. The first-order valence-electron chi connectivity index (χ1n) is 26.2. The van der Waals surface area contributed by atoms with E-state index >= 15 is 0 Å². The average molecular weight is 970 g/mol. The van der Waals surface area contributed by atoms with E-state index in [-0.39, 0.29) is 0 Å². The summed E-state index contributed by atoms with van der Waals surface area (Å²) in [6, 6.07) is 113. The molecule has 12 aromatic carbocycles. The molecule has 0 aliphatic heterocycles. The van der Waals surface area contributed by atoms with E-state index in [1.54, 1.807) is 0 Å². The van der Waals surface area contributed by atoms with Gasteiger partial charge in [0, 0.05) is 50.3 Å². The molecule has 0 spiro atoms. The van der Waals surface area contributed by atoms with Crippen molar-refractivity contribution in [1.82, 2.24) is 4.57 Å². The molecule has 13 aromatic rings. The van der Waals surface area contributed by atoms with Crippen LogP contribution in [0.15, 0.2) is 309 Å². The van der Waals surface area contributed by atoms with Crippen molar-refractivity contribution in [2.75, 3.05) is 9.80 Å². The van der Waals surface area contributed by atoms with Crippen molar-refractivity contribution in [3.8, 4) is 50.2 Å². The third-order valence-corrected chi connectivity index (χ3v) is 15.4. The summed E-state index contributed by atoms with van der Waals surface area (Å²) in [4.78, 5) is 5.04. The van der Waals surface area contributed by atoms with Crippen LogP contribution < -0.4 is 9.80 Å². The highest BCUT2D eigenvalue weighted by atomic mass is 15.2. The first kappa shape index (κ1) is 44.7. The van der Waals surface area contributed by atoms with Crippen molar-refractivity contribution in [2.45, 2.75) is 5.54 Å². The Hall–Kier alpha value is -9.96. The van der Waals surface area contributed by atoms with Crippen LogP contribution in [0.1, 0.15) is 16.7 Å². The minimum absolute atomic E-state index is 0.812. The molecular weight excluding hydrogens is 919 g/mol. The minimum atomic E-state index is -0.812. The fraction of sp³-hybridized carbons (Fsp3) is 0.0137. The quantitative estimate of drug-likeness (QED) is 0.128. The zero-order valence-electron chi connectivity index (χ0n) is 41.8. The zero-order chi connectivity index (χ0) is 50.4. The fourth-order valence-electron chi connectivity index (χ4n) is 12.2. The summed E-state index contributed by atoms with van der Waals surface area (Å²) < 4.78 is 2.52. The van der Waals surface area contributed by atoms with E-state index in [4.69, 9.17) is 0 Å². The standard InChI is InChI=1S/C73H51N3/c1-7-25-52(26-8-1)55-31-23-38-61(49-55)76(58-36-17-6-18-37-58)73(56-32-13-4-14-33-56)68-43-21-19-39-64(68)65-47-45-59(50-69(65)73)74(57-34-15-5-16-35-57)60-46-48-67-66-40-20-22-44-70(66)75(71(67)51-60)72-62(53-27-9-2-10-28-53)41-24-42-63(72)54-29-11-3-12-30-54/h1-51H. The molecule has 0 N–H and O–H groups in total. The molecule has 1 aliphatic carbocycles. The van der Waals surface area contributed by atoms with E-state index in [1.807, 2.05) is 0 Å². The second kappa shape index (κ2) is 18.8. The number of anilines is 5. The van der Waals surface area contributed by atoms with Gasteiger partial charge >= 0.3 is 0 Å². The largest absolute Gasteiger partial charge is 0.323 e. The zero-order valence-corrected chi connectivity index (χ0v) is 41.8. The first-order chi connectivity index (χ1) is 37.7. The number of benzene rings is 12. The molecule has 1 atom stereocenters. The molecule has 0 fully saturated rings. The van der Waals surface area contributed by atoms with Gasteiger partial charge in [0.2, 0.25) is 0 Å². The van der Waals surface area contributed by atoms with Crippen LogP contribution in [-0.4, -0.2) is 4.57 Å². The summed E-state index contributed by atoms with van der Waals surface area (Å²) in [5, 5.41) is 2.40. The Morgan fingerprint density at radius 1 is 0.263 bits per heavy atom. The third kappa shape index (κ3) is 7.35. The predicted octanol–water partition coefficient (Wildman–Crippen LogP) is 19.4. The molecule has 3 heteroatoms. The fourth-order valence-corrected chi connectivity index (χ4v) is 12.2. The minimum Gasteiger partial charge on any atom is -0.323 e. The van der Waals surface area contributed by atoms with E-state index in [1.165, 1.54) is 66.4 Å². The predicted molar refractivity (Wildman–Crippen MR) is 319 cm³/mol. The van der Waals surface area contributed by atoms with Gasteiger partial charge in [-0.3, -0.25) is 0 Å². The highest BCUT2D eigenvalue weighted by molar-refractivity contribution is 6.12. The van der Waals surface area contributed by atoms with E-state index < -0.39 is 5.54 Å². The van der Waals surface area contributed by atoms with Gasteiger partial charge in [0.05, 0.1) is 16.7 Å². The second-order valence-corrected chi connectivity index (χ2v) is 19.6. The summed E-state index contributed by atoms with van der Waals surface area (Å²) in [6.45, 7) is 0. The molecule has 1 unspecified atom stereocenters. The monoisotopic (exact) mass is 969 g/mol. The smallest absolute Gasteiger partial charge is 0.122 e. The summed E-state index contributed by atoms with van der Waals surface area (Å²) >= 11 is 0. The van der Waals surface area contributed by atoms with Gasteiger partial charge in [-0.15, -0.1) is 0 Å². The lowest BCUT2D eigenvalue weighted by atomic mass is 9.78. The molecular formula is C73H51N3. The maximum atomic E-state index is 2.59. The SMILES string of the molecule is c1ccc(-c2cccc(N(c3ccccc3)C3(c4ccccc4)c4ccccc4-c4ccc(N(c5ccccc5)c5ccc6c7ccccc7n(-c7c(-c8ccccc8)cccc7-c7ccccc7)c6c5)cc43)c2)cc1. The maximum absolute atomic E-state index is 2.59. The van der Waals surface area contributed by atoms with Crippen LogP contribution in [0.5, 0.6) is 0 Å². The lowest BCUT2D eigenvalue weighted by Crippen LogP contribution is -2.44. The molecule has 1 aliphatic rings. The van der Waals surface area contributed by atoms with E-state index in [0.29, 0.717) is 0 Å². The van der Waals surface area contributed by atoms with Gasteiger partial charge in [-0.05, 0) is 117 Å². The van der Waals surface area contributed by atoms with Gasteiger partial charge in [0.25, 0.3) is 0 Å². The van der Waals surface area contributed by atoms with E-state index in [9.17, 15) is 0 Å². The van der Waals surface area contributed by atoms with Crippen LogP contribution in [-0.2, 0) is 5.54 Å². The molecule has 14 rings (SSSR count). The average Bonchev–Trinajstić information content (AvgIpc) is 4.03. The van der Waals surface area contributed by atoms with Gasteiger partial charge in [0.1, 0.15) is 5.54 Å². The Labute approximate surface area is 444 Å². The van der Waals surface area contributed by atoms with Gasteiger partial charge in [-0.1, -0.05) is 243 Å². The first-order valence-corrected chi connectivity index (χ1v) is 26.2. The highest BCUT2D eigenvalue weighted by Gasteiger charge is 2.50. The summed E-state index contributed by atoms with van der Waals surface area (Å²) in [6.07, 6.45) is 0. The van der Waals surface area contributed by atoms with Crippen LogP contribution >= 0.6 is 0 Å². The van der Waals surface area contributed by atoms with Crippen LogP contribution in [0.4, 0.5) is 28.4 Å². The molecule has 358 valence electrons. The molecule has 0 amide bonds. The Bertz CT molecular complexity index is 4150. The van der Waals surface area contributed by atoms with Gasteiger partial charge in [0.15, 0.2) is 0 Å². The Balaban J connectivity index is 1.04. The van der Waals surface area contributed by atoms with Crippen molar-refractivity contribution < 1.29 is 0 Å². The van der Waals surface area contributed by atoms with Gasteiger partial charge in [-0.2, -0.15) is 0 Å². The number of aromatic nitrogens is 1. The molecule has 76 heavy (non-hydrogen) atoms. The maximum Gasteiger partial charge on any atom is 0.122 e. The third-order valence-electron chi connectivity index (χ3n) is 15.4. The number of rotatable bonds is 11. The molecule has 0 saturated heterocycles. The summed E-state index contributed by atoms with van der Waals surface area (Å²) in [5.41, 5.74) is 21.0. The summed E-state index contributed by atoms with van der Waals surface area (Å²) in [5.74, 6) is 0. The van der Waals surface area contributed by atoms with Crippen LogP contribution in [0.2, 0.25) is 0 Å². The number of fused-ring (bicyclic) bond motifs is 6. The Kier molecular flexibility index (Phi) is 11.1. The molecule has 1 heterocycles. The van der Waals surface area contributed by atoms with Crippen molar-refractivity contribution in [3.63, 3.8) is 0 Å². The molecule has 0 bridgehead atoms. The number of hydrogen-bond donors (Lipinski definition) is 0. The lowest BCUT2D eigenvalue weighted by molar-refractivity contribution is 0.644. The van der Waals surface area contributed by atoms with Crippen LogP contribution in [0.3, 0.4) is 0 Å². The normalized spacial score (nSPS) is 13.6. The van der Waals surface area contributed by atoms with Gasteiger partial charge in [-0.25, -0.2) is 0 Å². The molecule has 0 saturated carbocycles. The van der Waals surface area contributed by atoms with Crippen LogP contribution in [0.25, 0.3) is 72.0 Å². The molecule has 3 nitrogen and oxygen atoms in total. The van der Waals surface area contributed by atoms with E-state index in [0.717, 1.165) is 50.7 Å². The number of para-hydroxylation sites is 4. The molecule has 1 aromatic heterocycles. The summed E-state index contributed by atoms with van der Waals surface area (Å²) in [7, 11) is 0. The molecule has 0 radical (unpaired) electrons. The van der Waals surface area contributed by atoms with Crippen LogP contribution in [0, 0.1) is 0 Å². The van der Waals surface area contributed by atoms with E-state index in [2.05, 4.69) is 324 Å².